The first-order chi connectivity index (χ1) is 12.1. The van der Waals surface area contributed by atoms with Gasteiger partial charge in [0, 0.05) is 25.2 Å². The fourth-order valence-electron chi connectivity index (χ4n) is 4.77. The maximum Gasteiger partial charge on any atom is 0.325 e. The summed E-state index contributed by atoms with van der Waals surface area (Å²) in [4.78, 5) is 39.3. The van der Waals surface area contributed by atoms with E-state index < -0.39 is 6.03 Å². The summed E-state index contributed by atoms with van der Waals surface area (Å²) in [7, 11) is 0. The summed E-state index contributed by atoms with van der Waals surface area (Å²) in [5.41, 5.74) is 0. The third-order valence-corrected chi connectivity index (χ3v) is 6.30. The van der Waals surface area contributed by atoms with Gasteiger partial charge < -0.3 is 10.6 Å². The van der Waals surface area contributed by atoms with Crippen LogP contribution in [0.5, 0.6) is 0 Å². The third kappa shape index (κ3) is 3.66. The molecule has 2 aliphatic carbocycles. The highest BCUT2D eigenvalue weighted by Gasteiger charge is 2.45. The van der Waals surface area contributed by atoms with Crippen LogP contribution in [-0.2, 0) is 9.59 Å². The maximum absolute atomic E-state index is 12.4. The average molecular weight is 348 g/mol. The Bertz CT molecular complexity index is 541. The molecule has 0 radical (unpaired) electrons. The van der Waals surface area contributed by atoms with Crippen molar-refractivity contribution in [1.29, 1.82) is 0 Å². The molecule has 25 heavy (non-hydrogen) atoms. The number of rotatable bonds is 5. The van der Waals surface area contributed by atoms with Crippen LogP contribution in [-0.4, -0.2) is 65.9 Å². The van der Waals surface area contributed by atoms with Gasteiger partial charge in [-0.2, -0.15) is 0 Å². The number of likely N-dealkylation sites (tertiary alicyclic amines) is 1. The number of nitrogens with one attached hydrogen (secondary N) is 2. The molecule has 2 saturated carbocycles. The van der Waals surface area contributed by atoms with Crippen molar-refractivity contribution in [2.24, 2.45) is 11.8 Å². The molecule has 138 valence electrons. The van der Waals surface area contributed by atoms with E-state index in [1.807, 2.05) is 0 Å². The molecule has 2 aliphatic heterocycles. The molecule has 2 saturated heterocycles. The SMILES string of the molecule is O=C(CN1C(=O)CNC1=O)N[C@@H]1CN(C2CCCCC2)C[C@H]1C1CC1. The minimum Gasteiger partial charge on any atom is -0.350 e. The predicted octanol–water partition coefficient (Wildman–Crippen LogP) is 0.698. The molecular weight excluding hydrogens is 320 g/mol. The highest BCUT2D eigenvalue weighted by Crippen LogP contribution is 2.42. The summed E-state index contributed by atoms with van der Waals surface area (Å²) in [5.74, 6) is 0.713. The first-order valence-corrected chi connectivity index (χ1v) is 9.73. The number of hydrogen-bond acceptors (Lipinski definition) is 4. The van der Waals surface area contributed by atoms with Crippen LogP contribution in [0.2, 0.25) is 0 Å². The fraction of sp³-hybridized carbons (Fsp3) is 0.833. The lowest BCUT2D eigenvalue weighted by Gasteiger charge is -2.31. The Kier molecular flexibility index (Phi) is 4.67. The average Bonchev–Trinajstić information content (AvgIpc) is 3.31. The van der Waals surface area contributed by atoms with E-state index in [4.69, 9.17) is 0 Å². The van der Waals surface area contributed by atoms with E-state index in [-0.39, 0.29) is 30.9 Å². The molecule has 0 aromatic heterocycles. The van der Waals surface area contributed by atoms with Crippen LogP contribution >= 0.6 is 0 Å². The first kappa shape index (κ1) is 16.8. The number of carbonyl (C=O) groups is 3. The number of hydrogen-bond donors (Lipinski definition) is 2. The van der Waals surface area contributed by atoms with E-state index in [1.165, 1.54) is 44.9 Å². The summed E-state index contributed by atoms with van der Waals surface area (Å²) in [5, 5.41) is 5.59. The number of urea groups is 1. The van der Waals surface area contributed by atoms with Crippen LogP contribution in [0.3, 0.4) is 0 Å². The van der Waals surface area contributed by atoms with Gasteiger partial charge in [0.15, 0.2) is 0 Å². The van der Waals surface area contributed by atoms with Gasteiger partial charge >= 0.3 is 6.03 Å². The molecule has 4 aliphatic rings. The highest BCUT2D eigenvalue weighted by atomic mass is 16.2. The normalized spacial score (nSPS) is 31.4. The lowest BCUT2D eigenvalue weighted by atomic mass is 9.94. The van der Waals surface area contributed by atoms with Gasteiger partial charge in [-0.05, 0) is 37.5 Å². The molecule has 0 aromatic rings. The molecule has 4 amide bonds. The van der Waals surface area contributed by atoms with Gasteiger partial charge in [0.1, 0.15) is 6.54 Å². The second-order valence-corrected chi connectivity index (χ2v) is 8.06. The smallest absolute Gasteiger partial charge is 0.325 e. The summed E-state index contributed by atoms with van der Waals surface area (Å²) in [6.07, 6.45) is 9.07. The van der Waals surface area contributed by atoms with Crippen molar-refractivity contribution in [2.45, 2.75) is 57.0 Å². The molecule has 7 heteroatoms. The lowest BCUT2D eigenvalue weighted by Crippen LogP contribution is -2.47. The summed E-state index contributed by atoms with van der Waals surface area (Å²) >= 11 is 0. The number of imide groups is 1. The minimum atomic E-state index is -0.464. The molecule has 4 rings (SSSR count). The van der Waals surface area contributed by atoms with Crippen molar-refractivity contribution >= 4 is 17.8 Å². The standard InChI is InChI=1S/C18H28N4O3/c23-16(11-22-17(24)8-19-18(22)25)20-15-10-21(9-14(15)12-6-7-12)13-4-2-1-3-5-13/h12-15H,1-11H2,(H,19,25)(H,20,23)/t14-,15+/m0/s1. The van der Waals surface area contributed by atoms with E-state index in [9.17, 15) is 14.4 Å². The van der Waals surface area contributed by atoms with Crippen molar-refractivity contribution in [2.75, 3.05) is 26.2 Å². The molecular formula is C18H28N4O3. The Morgan fingerprint density at radius 2 is 1.84 bits per heavy atom. The number of nitrogens with zero attached hydrogens (tertiary/aromatic N) is 2. The van der Waals surface area contributed by atoms with E-state index in [0.717, 1.165) is 23.9 Å². The van der Waals surface area contributed by atoms with Gasteiger partial charge in [-0.25, -0.2) is 4.79 Å². The van der Waals surface area contributed by atoms with Crippen LogP contribution in [0, 0.1) is 11.8 Å². The summed E-state index contributed by atoms with van der Waals surface area (Å²) in [6, 6.07) is 0.361. The van der Waals surface area contributed by atoms with Gasteiger partial charge in [-0.1, -0.05) is 19.3 Å². The molecule has 2 atom stereocenters. The number of carbonyl (C=O) groups excluding carboxylic acids is 3. The zero-order valence-corrected chi connectivity index (χ0v) is 14.7. The van der Waals surface area contributed by atoms with Crippen molar-refractivity contribution < 1.29 is 14.4 Å². The maximum atomic E-state index is 12.4. The molecule has 0 spiro atoms. The third-order valence-electron chi connectivity index (χ3n) is 6.30. The van der Waals surface area contributed by atoms with Gasteiger partial charge in [0.2, 0.25) is 5.91 Å². The molecule has 4 fully saturated rings. The van der Waals surface area contributed by atoms with Crippen LogP contribution in [0.1, 0.15) is 44.9 Å². The van der Waals surface area contributed by atoms with Crippen molar-refractivity contribution in [3.63, 3.8) is 0 Å². The second kappa shape index (κ2) is 6.94. The zero-order valence-electron chi connectivity index (χ0n) is 14.7. The number of amides is 4. The van der Waals surface area contributed by atoms with Crippen LogP contribution in [0.15, 0.2) is 0 Å². The highest BCUT2D eigenvalue weighted by molar-refractivity contribution is 6.04. The van der Waals surface area contributed by atoms with Crippen molar-refractivity contribution in [1.82, 2.24) is 20.4 Å². The van der Waals surface area contributed by atoms with Gasteiger partial charge in [0.25, 0.3) is 5.91 Å². The summed E-state index contributed by atoms with van der Waals surface area (Å²) < 4.78 is 0. The van der Waals surface area contributed by atoms with Crippen LogP contribution in [0.25, 0.3) is 0 Å². The van der Waals surface area contributed by atoms with E-state index >= 15 is 0 Å². The van der Waals surface area contributed by atoms with E-state index in [0.29, 0.717) is 12.0 Å². The molecule has 0 bridgehead atoms. The quantitative estimate of drug-likeness (QED) is 0.717. The van der Waals surface area contributed by atoms with E-state index in [1.54, 1.807) is 0 Å². The summed E-state index contributed by atoms with van der Waals surface area (Å²) in [6.45, 7) is 1.83. The van der Waals surface area contributed by atoms with Gasteiger partial charge in [-0.3, -0.25) is 19.4 Å². The molecule has 0 unspecified atom stereocenters. The molecule has 7 nitrogen and oxygen atoms in total. The van der Waals surface area contributed by atoms with Crippen molar-refractivity contribution in [3.8, 4) is 0 Å². The Labute approximate surface area is 148 Å². The fourth-order valence-corrected chi connectivity index (χ4v) is 4.77. The Balaban J connectivity index is 1.35. The Morgan fingerprint density at radius 1 is 1.08 bits per heavy atom. The second-order valence-electron chi connectivity index (χ2n) is 8.06. The van der Waals surface area contributed by atoms with E-state index in [2.05, 4.69) is 15.5 Å². The topological polar surface area (TPSA) is 81.8 Å². The Morgan fingerprint density at radius 3 is 2.48 bits per heavy atom. The Hall–Kier alpha value is -1.63. The first-order valence-electron chi connectivity index (χ1n) is 9.73. The van der Waals surface area contributed by atoms with Gasteiger partial charge in [0.05, 0.1) is 6.54 Å². The van der Waals surface area contributed by atoms with Crippen LogP contribution in [0.4, 0.5) is 4.79 Å². The molecule has 0 aromatic carbocycles. The lowest BCUT2D eigenvalue weighted by molar-refractivity contribution is -0.131. The predicted molar refractivity (Wildman–Crippen MR) is 91.7 cm³/mol. The van der Waals surface area contributed by atoms with Gasteiger partial charge in [-0.15, -0.1) is 0 Å². The zero-order chi connectivity index (χ0) is 17.4. The molecule has 2 heterocycles. The monoisotopic (exact) mass is 348 g/mol. The minimum absolute atomic E-state index is 0.00427. The van der Waals surface area contributed by atoms with Crippen molar-refractivity contribution in [3.05, 3.63) is 0 Å². The largest absolute Gasteiger partial charge is 0.350 e. The van der Waals surface area contributed by atoms with Crippen LogP contribution < -0.4 is 10.6 Å². The molecule has 2 N–H and O–H groups in total.